The molecule has 19 nitrogen and oxygen atoms in total. The number of carbonyl (C=O) groups is 3. The Morgan fingerprint density at radius 3 is 2.21 bits per heavy atom. The summed E-state index contributed by atoms with van der Waals surface area (Å²) in [7, 11) is -9.40. The van der Waals surface area contributed by atoms with Crippen molar-refractivity contribution >= 4 is 84.8 Å². The van der Waals surface area contributed by atoms with E-state index in [0.29, 0.717) is 70.5 Å². The number of carbonyl (C=O) groups excluding carboxylic acids is 3. The molecule has 1 fully saturated rings. The van der Waals surface area contributed by atoms with Crippen molar-refractivity contribution in [2.24, 2.45) is 0 Å². The van der Waals surface area contributed by atoms with E-state index in [4.69, 9.17) is 4.84 Å². The van der Waals surface area contributed by atoms with Crippen LogP contribution in [0.2, 0.25) is 0 Å². The average molecular weight is 1100 g/mol. The van der Waals surface area contributed by atoms with Gasteiger partial charge in [0.05, 0.1) is 32.5 Å². The van der Waals surface area contributed by atoms with Gasteiger partial charge in [0.2, 0.25) is 5.69 Å². The number of aryl methyl sites for hydroxylation is 1. The van der Waals surface area contributed by atoms with Crippen LogP contribution in [0, 0.1) is 0 Å². The summed E-state index contributed by atoms with van der Waals surface area (Å²) in [5.41, 5.74) is 5.24. The zero-order valence-corrected chi connectivity index (χ0v) is 50.3. The molecule has 0 atom stereocenters. The Kier molecular flexibility index (Phi) is 25.6. The minimum absolute atomic E-state index is 0. The molecule has 0 unspecified atom stereocenters. The van der Waals surface area contributed by atoms with Crippen LogP contribution in [-0.4, -0.2) is 83.7 Å². The van der Waals surface area contributed by atoms with Crippen LogP contribution in [0.1, 0.15) is 94.9 Å². The van der Waals surface area contributed by atoms with Crippen LogP contribution in [0.15, 0.2) is 100 Å². The number of anilines is 1. The summed E-state index contributed by atoms with van der Waals surface area (Å²) in [5.74, 6) is -2.01. The van der Waals surface area contributed by atoms with Crippen molar-refractivity contribution in [3.63, 3.8) is 0 Å². The van der Waals surface area contributed by atoms with Crippen LogP contribution in [0.4, 0.5) is 11.4 Å². The first-order chi connectivity index (χ1) is 32.6. The summed E-state index contributed by atoms with van der Waals surface area (Å²) in [6, 6.07) is 17.4. The van der Waals surface area contributed by atoms with Crippen LogP contribution in [0.3, 0.4) is 0 Å². The molecular weight excluding hydrogens is 1050 g/mol. The van der Waals surface area contributed by atoms with E-state index in [0.717, 1.165) is 52.2 Å². The van der Waals surface area contributed by atoms with Crippen molar-refractivity contribution in [3.05, 3.63) is 113 Å². The molecule has 26 heteroatoms. The third-order valence-electron chi connectivity index (χ3n) is 12.0. The normalized spacial score (nSPS) is 16.7. The quantitative estimate of drug-likeness (QED) is 0.00954. The van der Waals surface area contributed by atoms with Crippen LogP contribution >= 0.6 is 24.1 Å². The van der Waals surface area contributed by atoms with E-state index in [1.165, 1.54) is 18.2 Å². The number of rotatable bonds is 24. The Hall–Kier alpha value is -1.76. The predicted octanol–water partition coefficient (Wildman–Crippen LogP) is -3.95. The monoisotopic (exact) mass is 1100 g/mol. The van der Waals surface area contributed by atoms with E-state index in [9.17, 15) is 50.8 Å². The molecule has 0 bridgehead atoms. The van der Waals surface area contributed by atoms with Gasteiger partial charge in [-0.25, -0.2) is 21.6 Å². The third kappa shape index (κ3) is 16.6. The number of hydroxylamine groups is 2. The topological polar surface area (TPSA) is 267 Å². The fourth-order valence-electron chi connectivity index (χ4n) is 8.68. The van der Waals surface area contributed by atoms with Crippen molar-refractivity contribution in [1.82, 2.24) is 5.06 Å². The molecular formula is C46H50N3Na3O16S4. The second kappa shape index (κ2) is 28.6. The minimum atomic E-state index is -4.84. The Labute approximate surface area is 494 Å². The molecule has 72 heavy (non-hydrogen) atoms. The number of hydrogen-bond acceptors (Lipinski definition) is 19. The molecule has 2 amide bonds. The van der Waals surface area contributed by atoms with E-state index in [1.54, 1.807) is 6.07 Å². The van der Waals surface area contributed by atoms with Gasteiger partial charge in [0.25, 0.3) is 11.8 Å². The zero-order valence-electron chi connectivity index (χ0n) is 41.1. The number of allylic oxidation sites excluding steroid dienone is 6. The van der Waals surface area contributed by atoms with Crippen LogP contribution in [-0.2, 0) is 75.5 Å². The van der Waals surface area contributed by atoms with Crippen molar-refractivity contribution in [2.75, 3.05) is 29.5 Å². The molecule has 0 spiro atoms. The van der Waals surface area contributed by atoms with E-state index < -0.39 is 59.5 Å². The second-order valence-electron chi connectivity index (χ2n) is 17.4. The maximum absolute atomic E-state index is 12.5. The van der Waals surface area contributed by atoms with Gasteiger partial charge >= 0.3 is 94.6 Å². The minimum Gasteiger partial charge on any atom is -0.748 e. The maximum Gasteiger partial charge on any atom is 1.00 e. The molecule has 3 heterocycles. The standard InChI is InChI=1S/C46H53N3O16S4.3Na/c1-45(2)36-29-34(67-65-63-54)16-18-38(36)47(24-8-26-66-64-62-53)40(45)20-14-32(33-12-7-11-31(28-33)10-5-6-13-44(52)61-49-42(50)22-23-43(49)51)15-21-41-46(3,4)37-30-35(69(58,59)60)17-19-39(37)48(41)25-9-27-68(55,56)57;;;/h7,11-12,14-21,28-30H,5-6,8-10,13,22-27H2,1-4H3,(H3-,53,54,55,56,57,58,59,60);;;/q;3*+1/p-3. The summed E-state index contributed by atoms with van der Waals surface area (Å²) < 4.78 is 82.8. The summed E-state index contributed by atoms with van der Waals surface area (Å²) in [6.45, 7) is 8.37. The van der Waals surface area contributed by atoms with Gasteiger partial charge in [0.15, 0.2) is 5.71 Å². The SMILES string of the molecule is CC1(C)C(=CC=C(C=CC2=[N+](CCCSOO[O-])c3ccc(SOO[O-])cc3C2(C)C)c2cccc(CCCCC(=O)ON3C(=O)CCC3=O)c2)N(CCCS(=O)(=O)[O-])c2ccc(S(=O)(=O)[O-])cc21.[Na+].[Na+].[Na+]. The van der Waals surface area contributed by atoms with Crippen LogP contribution in [0.25, 0.3) is 5.57 Å². The van der Waals surface area contributed by atoms with E-state index in [2.05, 4.69) is 23.3 Å². The number of amides is 2. The van der Waals surface area contributed by atoms with Gasteiger partial charge in [0, 0.05) is 95.2 Å². The Morgan fingerprint density at radius 2 is 1.54 bits per heavy atom. The summed E-state index contributed by atoms with van der Waals surface area (Å²) in [6.07, 6.45) is 9.70. The van der Waals surface area contributed by atoms with Gasteiger partial charge in [-0.15, -0.1) is 5.06 Å². The number of hydrogen-bond donors (Lipinski definition) is 0. The first kappa shape index (κ1) is 64.5. The van der Waals surface area contributed by atoms with Crippen molar-refractivity contribution in [2.45, 2.75) is 99.7 Å². The number of benzene rings is 3. The number of nitrogens with zero attached hydrogens (tertiary/aromatic N) is 3. The maximum atomic E-state index is 12.5. The van der Waals surface area contributed by atoms with Crippen molar-refractivity contribution in [1.29, 1.82) is 0 Å². The number of unbranched alkanes of at least 4 members (excludes halogenated alkanes) is 1. The zero-order chi connectivity index (χ0) is 50.1. The smallest absolute Gasteiger partial charge is 0.748 e. The molecule has 372 valence electrons. The number of fused-ring (bicyclic) bond motifs is 2. The third-order valence-corrected chi connectivity index (χ3v) is 14.8. The molecule has 0 saturated carbocycles. The molecule has 1 saturated heterocycles. The molecule has 3 aromatic rings. The van der Waals surface area contributed by atoms with Gasteiger partial charge in [-0.3, -0.25) is 19.7 Å². The molecule has 3 aliphatic rings. The van der Waals surface area contributed by atoms with Crippen molar-refractivity contribution in [3.8, 4) is 0 Å². The molecule has 0 N–H and O–H groups in total. The van der Waals surface area contributed by atoms with Gasteiger partial charge in [-0.05, 0) is 104 Å². The first-order valence-corrected chi connectivity index (χ1v) is 26.4. The first-order valence-electron chi connectivity index (χ1n) is 21.7. The second-order valence-corrected chi connectivity index (χ2v) is 21.8. The predicted molar refractivity (Wildman–Crippen MR) is 247 cm³/mol. The number of imide groups is 1. The fraction of sp³-hybridized carbons (Fsp3) is 0.391. The molecule has 3 aromatic carbocycles. The average Bonchev–Trinajstić information content (AvgIpc) is 3.80. The van der Waals surface area contributed by atoms with Gasteiger partial charge in [-0.1, -0.05) is 44.2 Å². The van der Waals surface area contributed by atoms with E-state index in [-0.39, 0.29) is 121 Å². The van der Waals surface area contributed by atoms with E-state index in [1.807, 2.05) is 93.3 Å². The largest absolute Gasteiger partial charge is 1.00 e. The van der Waals surface area contributed by atoms with E-state index >= 15 is 0 Å². The van der Waals surface area contributed by atoms with Gasteiger partial charge in [0.1, 0.15) is 16.7 Å². The summed E-state index contributed by atoms with van der Waals surface area (Å²) in [4.78, 5) is 43.3. The molecule has 0 aromatic heterocycles. The van der Waals surface area contributed by atoms with Gasteiger partial charge < -0.3 is 29.4 Å². The fourth-order valence-corrected chi connectivity index (χ4v) is 10.4. The molecule has 6 rings (SSSR count). The van der Waals surface area contributed by atoms with Crippen LogP contribution < -0.4 is 104 Å². The summed E-state index contributed by atoms with van der Waals surface area (Å²) >= 11 is 1.64. The Balaban J connectivity index is 0.00000456. The Bertz CT molecular complexity index is 2790. The molecule has 0 radical (unpaired) electrons. The summed E-state index contributed by atoms with van der Waals surface area (Å²) in [5, 5.41) is 28.8. The molecule has 3 aliphatic heterocycles. The van der Waals surface area contributed by atoms with Gasteiger partial charge in [-0.2, -0.15) is 13.2 Å². The van der Waals surface area contributed by atoms with Crippen LogP contribution in [0.5, 0.6) is 0 Å². The van der Waals surface area contributed by atoms with Crippen molar-refractivity contribution < 1.29 is 168 Å². The molecule has 0 aliphatic carbocycles. The Morgan fingerprint density at radius 1 is 0.833 bits per heavy atom.